The molecule has 28 heavy (non-hydrogen) atoms. The lowest BCUT2D eigenvalue weighted by molar-refractivity contribution is -0.141. The van der Waals surface area contributed by atoms with E-state index in [0.29, 0.717) is 13.1 Å². The van der Waals surface area contributed by atoms with E-state index in [-0.39, 0.29) is 24.4 Å². The van der Waals surface area contributed by atoms with Crippen LogP contribution in [0.4, 0.5) is 0 Å². The third-order valence-corrected chi connectivity index (χ3v) is 6.28. The highest BCUT2D eigenvalue weighted by Crippen LogP contribution is 2.38. The Kier molecular flexibility index (Phi) is 6.57. The van der Waals surface area contributed by atoms with Gasteiger partial charge in [0.15, 0.2) is 0 Å². The lowest BCUT2D eigenvalue weighted by Crippen LogP contribution is -2.48. The van der Waals surface area contributed by atoms with E-state index in [2.05, 4.69) is 37.1 Å². The van der Waals surface area contributed by atoms with E-state index in [1.165, 1.54) is 15.3 Å². The summed E-state index contributed by atoms with van der Waals surface area (Å²) in [5, 5.41) is 1.41. The Morgan fingerprint density at radius 2 is 2.11 bits per heavy atom. The molecule has 1 aliphatic heterocycles. The third-order valence-electron chi connectivity index (χ3n) is 5.10. The largest absolute Gasteiger partial charge is 0.330 e. The molecule has 0 saturated carbocycles. The molecule has 0 saturated heterocycles. The Morgan fingerprint density at radius 1 is 1.36 bits per heavy atom. The van der Waals surface area contributed by atoms with Gasteiger partial charge in [0, 0.05) is 18.0 Å². The van der Waals surface area contributed by atoms with Crippen molar-refractivity contribution in [3.8, 4) is 0 Å². The number of halogens is 1. The molecular formula is C22H25ClN2O2S. The number of aryl methyl sites for hydroxylation is 1. The van der Waals surface area contributed by atoms with E-state index in [1.54, 1.807) is 24.3 Å². The van der Waals surface area contributed by atoms with E-state index >= 15 is 0 Å². The predicted molar refractivity (Wildman–Crippen MR) is 115 cm³/mol. The quantitative estimate of drug-likeness (QED) is 0.523. The van der Waals surface area contributed by atoms with Crippen molar-refractivity contribution < 1.29 is 9.59 Å². The van der Waals surface area contributed by atoms with Gasteiger partial charge in [0.25, 0.3) is 0 Å². The maximum Gasteiger partial charge on any atom is 0.243 e. The lowest BCUT2D eigenvalue weighted by Gasteiger charge is -2.38. The van der Waals surface area contributed by atoms with Crippen molar-refractivity contribution in [2.75, 3.05) is 19.6 Å². The molecule has 1 aromatic heterocycles. The summed E-state index contributed by atoms with van der Waals surface area (Å²) >= 11 is 7.72. The van der Waals surface area contributed by atoms with Gasteiger partial charge in [0.1, 0.15) is 11.9 Å². The molecule has 0 bridgehead atoms. The zero-order valence-electron chi connectivity index (χ0n) is 16.2. The van der Waals surface area contributed by atoms with Gasteiger partial charge in [0.05, 0.1) is 6.04 Å². The van der Waals surface area contributed by atoms with Gasteiger partial charge >= 0.3 is 0 Å². The van der Waals surface area contributed by atoms with Crippen LogP contribution in [-0.4, -0.2) is 46.6 Å². The van der Waals surface area contributed by atoms with E-state index in [9.17, 15) is 9.59 Å². The van der Waals surface area contributed by atoms with Crippen molar-refractivity contribution in [2.45, 2.75) is 31.7 Å². The highest BCUT2D eigenvalue weighted by molar-refractivity contribution is 7.10. The maximum absolute atomic E-state index is 13.3. The number of rotatable bonds is 6. The number of hydrogen-bond donors (Lipinski definition) is 0. The summed E-state index contributed by atoms with van der Waals surface area (Å²) in [6.07, 6.45) is 2.46. The molecule has 2 aromatic rings. The number of hydrogen-bond acceptors (Lipinski definition) is 3. The molecule has 0 unspecified atom stereocenters. The average molecular weight is 417 g/mol. The maximum atomic E-state index is 13.3. The predicted octanol–water partition coefficient (Wildman–Crippen LogP) is 4.17. The summed E-state index contributed by atoms with van der Waals surface area (Å²) < 4.78 is 0. The molecule has 0 fully saturated rings. The van der Waals surface area contributed by atoms with Crippen molar-refractivity contribution >= 4 is 34.8 Å². The van der Waals surface area contributed by atoms with Crippen molar-refractivity contribution in [3.63, 3.8) is 0 Å². The van der Waals surface area contributed by atoms with Crippen molar-refractivity contribution in [3.05, 3.63) is 69.9 Å². The fourth-order valence-electron chi connectivity index (χ4n) is 3.71. The molecule has 3 rings (SSSR count). The third kappa shape index (κ3) is 4.15. The fraction of sp³-hybridized carbons (Fsp3) is 0.364. The number of carbonyl (C=O) groups is 2. The van der Waals surface area contributed by atoms with Crippen molar-refractivity contribution in [2.24, 2.45) is 0 Å². The van der Waals surface area contributed by atoms with Gasteiger partial charge in [-0.25, -0.2) is 0 Å². The molecule has 0 spiro atoms. The van der Waals surface area contributed by atoms with Crippen LogP contribution in [0.25, 0.3) is 0 Å². The zero-order chi connectivity index (χ0) is 20.3. The van der Waals surface area contributed by atoms with Gasteiger partial charge in [-0.15, -0.1) is 29.5 Å². The standard InChI is InChI=1S/C22H25ClN2O2S/c1-4-11-24(22(27)16(3)23)14-20(26)25-12-9-19-18(10-13-28-19)21(25)17-8-6-5-7-15(17)2/h4-8,10,13,16,21H,1,9,11-12,14H2,2-3H3/t16-,21-/m1/s1. The minimum atomic E-state index is -0.676. The van der Waals surface area contributed by atoms with Gasteiger partial charge in [-0.3, -0.25) is 9.59 Å². The second-order valence-corrected chi connectivity index (χ2v) is 8.67. The Labute approximate surface area is 175 Å². The molecule has 0 N–H and O–H groups in total. The van der Waals surface area contributed by atoms with Gasteiger partial charge in [-0.1, -0.05) is 30.3 Å². The molecule has 2 heterocycles. The molecular weight excluding hydrogens is 392 g/mol. The Morgan fingerprint density at radius 3 is 2.79 bits per heavy atom. The minimum Gasteiger partial charge on any atom is -0.330 e. The molecule has 0 radical (unpaired) electrons. The SMILES string of the molecule is C=CCN(CC(=O)N1CCc2sccc2[C@H]1c1ccccc1C)C(=O)[C@@H](C)Cl. The van der Waals surface area contributed by atoms with Gasteiger partial charge < -0.3 is 9.80 Å². The highest BCUT2D eigenvalue weighted by atomic mass is 35.5. The van der Waals surface area contributed by atoms with Crippen LogP contribution in [0.5, 0.6) is 0 Å². The number of alkyl halides is 1. The molecule has 4 nitrogen and oxygen atoms in total. The molecule has 6 heteroatoms. The van der Waals surface area contributed by atoms with Crippen LogP contribution >= 0.6 is 22.9 Å². The van der Waals surface area contributed by atoms with E-state index in [0.717, 1.165) is 17.5 Å². The fourth-order valence-corrected chi connectivity index (χ4v) is 4.75. The molecule has 0 aliphatic carbocycles. The Balaban J connectivity index is 1.93. The highest BCUT2D eigenvalue weighted by Gasteiger charge is 2.34. The topological polar surface area (TPSA) is 40.6 Å². The summed E-state index contributed by atoms with van der Waals surface area (Å²) in [7, 11) is 0. The second-order valence-electron chi connectivity index (χ2n) is 7.02. The normalized spacial score (nSPS) is 17.0. The first kappa shape index (κ1) is 20.6. The summed E-state index contributed by atoms with van der Waals surface area (Å²) in [5.74, 6) is -0.326. The van der Waals surface area contributed by atoms with Gasteiger partial charge in [-0.2, -0.15) is 0 Å². The van der Waals surface area contributed by atoms with Crippen molar-refractivity contribution in [1.29, 1.82) is 0 Å². The van der Waals surface area contributed by atoms with Gasteiger partial charge in [0.2, 0.25) is 11.8 Å². The first-order chi connectivity index (χ1) is 13.4. The summed E-state index contributed by atoms with van der Waals surface area (Å²) in [5.41, 5.74) is 3.46. The second kappa shape index (κ2) is 8.93. The van der Waals surface area contributed by atoms with Crippen LogP contribution in [0.2, 0.25) is 0 Å². The van der Waals surface area contributed by atoms with E-state index in [1.807, 2.05) is 17.0 Å². The number of benzene rings is 1. The zero-order valence-corrected chi connectivity index (χ0v) is 17.8. The lowest BCUT2D eigenvalue weighted by atomic mass is 9.90. The molecule has 148 valence electrons. The Bertz CT molecular complexity index is 877. The number of nitrogens with zero attached hydrogens (tertiary/aromatic N) is 2. The summed E-state index contributed by atoms with van der Waals surface area (Å²) in [4.78, 5) is 30.4. The van der Waals surface area contributed by atoms with E-state index < -0.39 is 5.38 Å². The molecule has 2 amide bonds. The summed E-state index contributed by atoms with van der Waals surface area (Å²) in [6, 6.07) is 10.2. The number of carbonyl (C=O) groups excluding carboxylic acids is 2. The smallest absolute Gasteiger partial charge is 0.243 e. The number of amides is 2. The Hall–Kier alpha value is -2.11. The number of fused-ring (bicyclic) bond motifs is 1. The van der Waals surface area contributed by atoms with Crippen molar-refractivity contribution in [1.82, 2.24) is 9.80 Å². The average Bonchev–Trinajstić information content (AvgIpc) is 3.15. The van der Waals surface area contributed by atoms with Gasteiger partial charge in [-0.05, 0) is 48.4 Å². The van der Waals surface area contributed by atoms with Crippen LogP contribution in [0.1, 0.15) is 34.5 Å². The van der Waals surface area contributed by atoms with Crippen LogP contribution in [0.15, 0.2) is 48.4 Å². The first-order valence-corrected chi connectivity index (χ1v) is 10.7. The van der Waals surface area contributed by atoms with Crippen LogP contribution in [0, 0.1) is 6.92 Å². The van der Waals surface area contributed by atoms with Crippen LogP contribution in [0.3, 0.4) is 0 Å². The van der Waals surface area contributed by atoms with E-state index in [4.69, 9.17) is 11.6 Å². The van der Waals surface area contributed by atoms with Crippen LogP contribution in [-0.2, 0) is 16.0 Å². The molecule has 2 atom stereocenters. The first-order valence-electron chi connectivity index (χ1n) is 9.39. The summed E-state index contributed by atoms with van der Waals surface area (Å²) in [6.45, 7) is 8.33. The van der Waals surface area contributed by atoms with Crippen LogP contribution < -0.4 is 0 Å². The number of thiophene rings is 1. The monoisotopic (exact) mass is 416 g/mol. The molecule has 1 aliphatic rings. The minimum absolute atomic E-state index is 0.00374. The molecule has 1 aromatic carbocycles.